The van der Waals surface area contributed by atoms with Crippen LogP contribution in [-0.4, -0.2) is 41.6 Å². The predicted molar refractivity (Wildman–Crippen MR) is 97.7 cm³/mol. The molecule has 0 fully saturated rings. The number of alkyl halides is 3. The zero-order valence-electron chi connectivity index (χ0n) is 14.0. The first-order chi connectivity index (χ1) is 13.4. The fourth-order valence-corrected chi connectivity index (χ4v) is 3.45. The fraction of sp³-hybridized carbons (Fsp3) is 0.200. The molecule has 0 saturated carbocycles. The van der Waals surface area contributed by atoms with Crippen LogP contribution >= 0.6 is 23.1 Å². The number of nitrogens with one attached hydrogen (secondary N) is 1. The smallest absolute Gasteiger partial charge is 0.300 e. The molecule has 0 aliphatic heterocycles. The maximum Gasteiger partial charge on any atom is 0.445 e. The molecule has 3 aromatic heterocycles. The van der Waals surface area contributed by atoms with Crippen LogP contribution in [0, 0.1) is 0 Å². The van der Waals surface area contributed by atoms with Crippen molar-refractivity contribution >= 4 is 34.1 Å². The SMILES string of the molecule is C=CCn1c(SCC(=O)Nc2nnc(C(F)(F)F)s2)nnc1-c1ccncc1. The van der Waals surface area contributed by atoms with Crippen molar-refractivity contribution in [3.05, 3.63) is 42.2 Å². The fourth-order valence-electron chi connectivity index (χ4n) is 2.08. The average Bonchev–Trinajstić information content (AvgIpc) is 3.28. The van der Waals surface area contributed by atoms with Crippen molar-refractivity contribution in [3.8, 4) is 11.4 Å². The predicted octanol–water partition coefficient (Wildman–Crippen LogP) is 3.13. The van der Waals surface area contributed by atoms with Gasteiger partial charge in [-0.3, -0.25) is 19.7 Å². The van der Waals surface area contributed by atoms with Gasteiger partial charge in [0.05, 0.1) is 5.75 Å². The molecule has 3 aromatic rings. The normalized spacial score (nSPS) is 11.4. The second kappa shape index (κ2) is 8.48. The number of amides is 1. The summed E-state index contributed by atoms with van der Waals surface area (Å²) in [5.41, 5.74) is 0.800. The molecule has 8 nitrogen and oxygen atoms in total. The molecule has 0 bridgehead atoms. The van der Waals surface area contributed by atoms with Crippen LogP contribution in [-0.2, 0) is 17.5 Å². The number of carbonyl (C=O) groups is 1. The molecule has 0 aliphatic carbocycles. The third-order valence-corrected chi connectivity index (χ3v) is 5.06. The summed E-state index contributed by atoms with van der Waals surface area (Å²) in [6, 6.07) is 3.55. The van der Waals surface area contributed by atoms with Crippen molar-refractivity contribution in [2.75, 3.05) is 11.1 Å². The van der Waals surface area contributed by atoms with Crippen molar-refractivity contribution < 1.29 is 18.0 Å². The van der Waals surface area contributed by atoms with E-state index in [-0.39, 0.29) is 22.2 Å². The Morgan fingerprint density at radius 3 is 2.64 bits per heavy atom. The van der Waals surface area contributed by atoms with E-state index in [0.717, 1.165) is 17.3 Å². The summed E-state index contributed by atoms with van der Waals surface area (Å²) in [7, 11) is 0. The van der Waals surface area contributed by atoms with E-state index < -0.39 is 17.1 Å². The van der Waals surface area contributed by atoms with Crippen LogP contribution in [0.2, 0.25) is 0 Å². The van der Waals surface area contributed by atoms with Crippen molar-refractivity contribution in [3.63, 3.8) is 0 Å². The van der Waals surface area contributed by atoms with Crippen LogP contribution in [0.25, 0.3) is 11.4 Å². The summed E-state index contributed by atoms with van der Waals surface area (Å²) < 4.78 is 39.4. The van der Waals surface area contributed by atoms with E-state index in [4.69, 9.17) is 0 Å². The Kier molecular flexibility index (Phi) is 6.04. The minimum absolute atomic E-state index is 0.0907. The van der Waals surface area contributed by atoms with E-state index >= 15 is 0 Å². The molecule has 146 valence electrons. The van der Waals surface area contributed by atoms with E-state index in [2.05, 4.69) is 37.3 Å². The number of carbonyl (C=O) groups excluding carboxylic acids is 1. The maximum absolute atomic E-state index is 12.5. The van der Waals surface area contributed by atoms with E-state index in [1.54, 1.807) is 35.2 Å². The lowest BCUT2D eigenvalue weighted by Crippen LogP contribution is -2.14. The second-order valence-electron chi connectivity index (χ2n) is 5.19. The Hall–Kier alpha value is -2.80. The molecular weight excluding hydrogens is 415 g/mol. The largest absolute Gasteiger partial charge is 0.445 e. The number of halogens is 3. The van der Waals surface area contributed by atoms with Gasteiger partial charge in [-0.05, 0) is 12.1 Å². The highest BCUT2D eigenvalue weighted by molar-refractivity contribution is 7.99. The van der Waals surface area contributed by atoms with Gasteiger partial charge in [0.25, 0.3) is 0 Å². The zero-order chi connectivity index (χ0) is 20.1. The molecule has 0 atom stereocenters. The van der Waals surface area contributed by atoms with Crippen LogP contribution in [0.1, 0.15) is 5.01 Å². The van der Waals surface area contributed by atoms with Gasteiger partial charge >= 0.3 is 6.18 Å². The molecule has 0 radical (unpaired) electrons. The molecular formula is C15H12F3N7OS2. The number of thioether (sulfide) groups is 1. The first kappa shape index (κ1) is 19.9. The first-order valence-corrected chi connectivity index (χ1v) is 9.46. The van der Waals surface area contributed by atoms with E-state index in [9.17, 15) is 18.0 Å². The topological polar surface area (TPSA) is 98.5 Å². The molecule has 0 saturated heterocycles. The number of hydrogen-bond donors (Lipinski definition) is 1. The number of allylic oxidation sites excluding steroid dienone is 1. The molecule has 0 spiro atoms. The van der Waals surface area contributed by atoms with Gasteiger partial charge in [-0.1, -0.05) is 29.2 Å². The summed E-state index contributed by atoms with van der Waals surface area (Å²) in [5, 5.41) is 16.0. The van der Waals surface area contributed by atoms with Gasteiger partial charge in [0, 0.05) is 24.5 Å². The van der Waals surface area contributed by atoms with Crippen molar-refractivity contribution in [2.24, 2.45) is 0 Å². The molecule has 0 aliphatic rings. The average molecular weight is 427 g/mol. The highest BCUT2D eigenvalue weighted by Crippen LogP contribution is 2.33. The Morgan fingerprint density at radius 2 is 2.00 bits per heavy atom. The van der Waals surface area contributed by atoms with Crippen molar-refractivity contribution in [1.82, 2.24) is 29.9 Å². The van der Waals surface area contributed by atoms with Crippen LogP contribution in [0.3, 0.4) is 0 Å². The minimum atomic E-state index is -4.60. The van der Waals surface area contributed by atoms with Gasteiger partial charge < -0.3 is 0 Å². The summed E-state index contributed by atoms with van der Waals surface area (Å²) in [6.45, 7) is 4.12. The molecule has 13 heteroatoms. The van der Waals surface area contributed by atoms with Gasteiger partial charge in [0.1, 0.15) is 0 Å². The lowest BCUT2D eigenvalue weighted by Gasteiger charge is -2.07. The third kappa shape index (κ3) is 4.72. The molecule has 1 amide bonds. The summed E-state index contributed by atoms with van der Waals surface area (Å²) in [5.74, 6) is -0.0374. The molecule has 28 heavy (non-hydrogen) atoms. The third-order valence-electron chi connectivity index (χ3n) is 3.21. The molecule has 0 aromatic carbocycles. The van der Waals surface area contributed by atoms with Gasteiger partial charge in [0.15, 0.2) is 11.0 Å². The standard InChI is InChI=1S/C15H12F3N7OS2/c1-2-7-25-11(9-3-5-19-6-4-9)21-24-14(25)27-8-10(26)20-13-23-22-12(28-13)15(16,17)18/h2-6H,1,7-8H2,(H,20,23,26). The van der Waals surface area contributed by atoms with E-state index in [0.29, 0.717) is 17.5 Å². The number of hydrogen-bond acceptors (Lipinski definition) is 8. The number of aromatic nitrogens is 6. The number of rotatable bonds is 7. The Labute approximate surface area is 164 Å². The van der Waals surface area contributed by atoms with Gasteiger partial charge in [-0.2, -0.15) is 13.2 Å². The van der Waals surface area contributed by atoms with Gasteiger partial charge in [-0.15, -0.1) is 27.0 Å². The van der Waals surface area contributed by atoms with Crippen LogP contribution < -0.4 is 5.32 Å². The Bertz CT molecular complexity index is 972. The quantitative estimate of drug-likeness (QED) is 0.457. The van der Waals surface area contributed by atoms with Gasteiger partial charge in [-0.25, -0.2) is 0 Å². The highest BCUT2D eigenvalue weighted by atomic mass is 32.2. The summed E-state index contributed by atoms with van der Waals surface area (Å²) in [6.07, 6.45) is 0.317. The number of pyridine rings is 1. The minimum Gasteiger partial charge on any atom is -0.300 e. The second-order valence-corrected chi connectivity index (χ2v) is 7.11. The lowest BCUT2D eigenvalue weighted by atomic mass is 10.2. The van der Waals surface area contributed by atoms with E-state index in [1.165, 1.54) is 0 Å². The number of nitrogens with zero attached hydrogens (tertiary/aromatic N) is 6. The highest BCUT2D eigenvalue weighted by Gasteiger charge is 2.35. The molecule has 0 unspecified atom stereocenters. The van der Waals surface area contributed by atoms with Crippen LogP contribution in [0.4, 0.5) is 18.3 Å². The maximum atomic E-state index is 12.5. The van der Waals surface area contributed by atoms with Crippen LogP contribution in [0.15, 0.2) is 42.3 Å². The monoisotopic (exact) mass is 427 g/mol. The van der Waals surface area contributed by atoms with Crippen molar-refractivity contribution in [2.45, 2.75) is 17.9 Å². The Balaban J connectivity index is 1.67. The first-order valence-electron chi connectivity index (χ1n) is 7.66. The zero-order valence-corrected chi connectivity index (χ0v) is 15.7. The van der Waals surface area contributed by atoms with Crippen LogP contribution in [0.5, 0.6) is 0 Å². The number of anilines is 1. The summed E-state index contributed by atoms with van der Waals surface area (Å²) >= 11 is 1.35. The van der Waals surface area contributed by atoms with Crippen molar-refractivity contribution in [1.29, 1.82) is 0 Å². The summed E-state index contributed by atoms with van der Waals surface area (Å²) in [4.78, 5) is 16.0. The van der Waals surface area contributed by atoms with Gasteiger partial charge in [0.2, 0.25) is 16.0 Å². The Morgan fingerprint density at radius 1 is 1.25 bits per heavy atom. The lowest BCUT2D eigenvalue weighted by molar-refractivity contribution is -0.138. The van der Waals surface area contributed by atoms with E-state index in [1.807, 2.05) is 0 Å². The molecule has 3 heterocycles. The molecule has 1 N–H and O–H groups in total. The molecule has 3 rings (SSSR count).